The van der Waals surface area contributed by atoms with Gasteiger partial charge in [0.25, 0.3) is 0 Å². The maximum Gasteiger partial charge on any atom is 0.331 e. The maximum absolute atomic E-state index is 13.0. The molecule has 0 spiro atoms. The van der Waals surface area contributed by atoms with E-state index < -0.39 is 5.97 Å². The third-order valence-corrected chi connectivity index (χ3v) is 3.30. The van der Waals surface area contributed by atoms with Crippen LogP contribution in [0.3, 0.4) is 0 Å². The number of hydrogen-bond acceptors (Lipinski definition) is 3. The molecule has 2 aromatic carbocycles. The van der Waals surface area contributed by atoms with Crippen molar-refractivity contribution in [2.24, 2.45) is 0 Å². The summed E-state index contributed by atoms with van der Waals surface area (Å²) in [6.45, 7) is 3.40. The first-order valence-electron chi connectivity index (χ1n) is 7.16. The second-order valence-corrected chi connectivity index (χ2v) is 5.24. The molecule has 0 amide bonds. The lowest BCUT2D eigenvalue weighted by molar-refractivity contribution is -0.136. The Morgan fingerprint density at radius 3 is 2.65 bits per heavy atom. The average Bonchev–Trinajstić information content (AvgIpc) is 2.53. The Bertz CT molecular complexity index is 763. The fourth-order valence-electron chi connectivity index (χ4n) is 2.07. The Labute approximate surface area is 134 Å². The van der Waals surface area contributed by atoms with Gasteiger partial charge in [-0.25, -0.2) is 9.18 Å². The number of aryl methyl sites for hydroxylation is 2. The summed E-state index contributed by atoms with van der Waals surface area (Å²) in [6, 6.07) is 11.4. The van der Waals surface area contributed by atoms with Crippen LogP contribution < -0.4 is 0 Å². The molecule has 3 nitrogen and oxygen atoms in total. The van der Waals surface area contributed by atoms with Crippen molar-refractivity contribution in [3.05, 3.63) is 76.6 Å². The van der Waals surface area contributed by atoms with E-state index in [0.29, 0.717) is 11.1 Å². The molecule has 23 heavy (non-hydrogen) atoms. The number of benzene rings is 2. The Morgan fingerprint density at radius 2 is 1.91 bits per heavy atom. The van der Waals surface area contributed by atoms with Crippen molar-refractivity contribution in [2.45, 2.75) is 13.8 Å². The van der Waals surface area contributed by atoms with Gasteiger partial charge < -0.3 is 4.74 Å². The minimum atomic E-state index is -0.645. The molecule has 0 fully saturated rings. The highest BCUT2D eigenvalue weighted by molar-refractivity contribution is 6.00. The fraction of sp³-hybridized carbons (Fsp3) is 0.158. The van der Waals surface area contributed by atoms with Crippen LogP contribution in [0.1, 0.15) is 27.0 Å². The summed E-state index contributed by atoms with van der Waals surface area (Å²) in [7, 11) is 0. The molecule has 2 rings (SSSR count). The molecule has 0 saturated carbocycles. The highest BCUT2D eigenvalue weighted by atomic mass is 19.1. The van der Waals surface area contributed by atoms with E-state index >= 15 is 0 Å². The predicted octanol–water partition coefficient (Wildman–Crippen LogP) is 3.88. The highest BCUT2D eigenvalue weighted by Gasteiger charge is 2.11. The normalized spacial score (nSPS) is 10.7. The van der Waals surface area contributed by atoms with Gasteiger partial charge in [-0.05, 0) is 49.2 Å². The highest BCUT2D eigenvalue weighted by Crippen LogP contribution is 2.12. The summed E-state index contributed by atoms with van der Waals surface area (Å²) >= 11 is 0. The standard InChI is InChI=1S/C19H17FO3/c1-13-6-7-14(2)17(10-13)18(21)12-23-19(22)9-8-15-4-3-5-16(20)11-15/h3-11H,12H2,1-2H3/b9-8+. The second-order valence-electron chi connectivity index (χ2n) is 5.24. The summed E-state index contributed by atoms with van der Waals surface area (Å²) in [5.41, 5.74) is 2.90. The molecule has 118 valence electrons. The molecule has 0 aromatic heterocycles. The monoisotopic (exact) mass is 312 g/mol. The first kappa shape index (κ1) is 16.6. The Kier molecular flexibility index (Phi) is 5.41. The number of carbonyl (C=O) groups is 2. The number of ketones is 1. The average molecular weight is 312 g/mol. The predicted molar refractivity (Wildman–Crippen MR) is 86.6 cm³/mol. The van der Waals surface area contributed by atoms with Crippen LogP contribution in [0.2, 0.25) is 0 Å². The van der Waals surface area contributed by atoms with E-state index in [2.05, 4.69) is 0 Å². The summed E-state index contributed by atoms with van der Waals surface area (Å²) in [5, 5.41) is 0. The number of carbonyl (C=O) groups excluding carboxylic acids is 2. The van der Waals surface area contributed by atoms with Crippen LogP contribution in [0.5, 0.6) is 0 Å². The number of hydrogen-bond donors (Lipinski definition) is 0. The molecule has 2 aromatic rings. The molecule has 0 atom stereocenters. The molecule has 0 heterocycles. The van der Waals surface area contributed by atoms with Crippen LogP contribution in [-0.2, 0) is 9.53 Å². The first-order chi connectivity index (χ1) is 11.0. The number of esters is 1. The van der Waals surface area contributed by atoms with E-state index in [9.17, 15) is 14.0 Å². The first-order valence-corrected chi connectivity index (χ1v) is 7.16. The van der Waals surface area contributed by atoms with Gasteiger partial charge in [0.1, 0.15) is 5.82 Å². The fourth-order valence-corrected chi connectivity index (χ4v) is 2.07. The van der Waals surface area contributed by atoms with Crippen LogP contribution in [-0.4, -0.2) is 18.4 Å². The van der Waals surface area contributed by atoms with Gasteiger partial charge in [-0.3, -0.25) is 4.79 Å². The third kappa shape index (κ3) is 4.88. The van der Waals surface area contributed by atoms with E-state index in [1.54, 1.807) is 18.2 Å². The van der Waals surface area contributed by atoms with Crippen molar-refractivity contribution in [1.29, 1.82) is 0 Å². The minimum absolute atomic E-state index is 0.251. The topological polar surface area (TPSA) is 43.4 Å². The molecule has 0 aliphatic rings. The van der Waals surface area contributed by atoms with E-state index in [-0.39, 0.29) is 18.2 Å². The molecule has 0 N–H and O–H groups in total. The van der Waals surface area contributed by atoms with Crippen LogP contribution in [0.25, 0.3) is 6.08 Å². The van der Waals surface area contributed by atoms with Crippen molar-refractivity contribution in [1.82, 2.24) is 0 Å². The van der Waals surface area contributed by atoms with E-state index in [1.165, 1.54) is 24.3 Å². The van der Waals surface area contributed by atoms with Crippen LogP contribution in [0.15, 0.2) is 48.5 Å². The van der Waals surface area contributed by atoms with Gasteiger partial charge in [0.2, 0.25) is 5.78 Å². The largest absolute Gasteiger partial charge is 0.454 e. The van der Waals surface area contributed by atoms with E-state index in [0.717, 1.165) is 11.1 Å². The lowest BCUT2D eigenvalue weighted by Gasteiger charge is -2.06. The maximum atomic E-state index is 13.0. The van der Waals surface area contributed by atoms with Gasteiger partial charge >= 0.3 is 5.97 Å². The quantitative estimate of drug-likeness (QED) is 0.478. The molecule has 0 saturated heterocycles. The number of ether oxygens (including phenoxy) is 1. The minimum Gasteiger partial charge on any atom is -0.454 e. The smallest absolute Gasteiger partial charge is 0.331 e. The van der Waals surface area contributed by atoms with Crippen molar-refractivity contribution in [3.63, 3.8) is 0 Å². The van der Waals surface area contributed by atoms with Crippen molar-refractivity contribution in [2.75, 3.05) is 6.61 Å². The molecule has 0 aliphatic carbocycles. The number of rotatable bonds is 5. The van der Waals surface area contributed by atoms with Gasteiger partial charge in [-0.15, -0.1) is 0 Å². The van der Waals surface area contributed by atoms with Crippen LogP contribution in [0, 0.1) is 19.7 Å². The van der Waals surface area contributed by atoms with Gasteiger partial charge in [-0.1, -0.05) is 29.8 Å². The zero-order valence-electron chi connectivity index (χ0n) is 13.0. The molecule has 4 heteroatoms. The summed E-state index contributed by atoms with van der Waals surface area (Å²) < 4.78 is 17.9. The number of Topliss-reactive ketones (excluding diaryl/α,β-unsaturated/α-hetero) is 1. The zero-order valence-corrected chi connectivity index (χ0v) is 13.0. The van der Waals surface area contributed by atoms with Crippen molar-refractivity contribution in [3.8, 4) is 0 Å². The molecular formula is C19H17FO3. The zero-order chi connectivity index (χ0) is 16.8. The summed E-state index contributed by atoms with van der Waals surface area (Å²) in [4.78, 5) is 23.7. The lowest BCUT2D eigenvalue weighted by atomic mass is 10.0. The Balaban J connectivity index is 1.94. The van der Waals surface area contributed by atoms with Crippen LogP contribution >= 0.6 is 0 Å². The summed E-state index contributed by atoms with van der Waals surface area (Å²) in [6.07, 6.45) is 2.61. The molecule has 0 radical (unpaired) electrons. The van der Waals surface area contributed by atoms with Crippen LogP contribution in [0.4, 0.5) is 4.39 Å². The van der Waals surface area contributed by atoms with Crippen molar-refractivity contribution >= 4 is 17.8 Å². The second kappa shape index (κ2) is 7.49. The Hall–Kier alpha value is -2.75. The van der Waals surface area contributed by atoms with E-state index in [4.69, 9.17) is 4.74 Å². The third-order valence-electron chi connectivity index (χ3n) is 3.30. The van der Waals surface area contributed by atoms with Gasteiger partial charge in [0.15, 0.2) is 6.61 Å². The molecule has 0 aliphatic heterocycles. The van der Waals surface area contributed by atoms with Crippen molar-refractivity contribution < 1.29 is 18.7 Å². The SMILES string of the molecule is Cc1ccc(C)c(C(=O)COC(=O)/C=C/c2cccc(F)c2)c1. The molecular weight excluding hydrogens is 295 g/mol. The number of halogens is 1. The Morgan fingerprint density at radius 1 is 1.13 bits per heavy atom. The summed E-state index contributed by atoms with van der Waals surface area (Å²) in [5.74, 6) is -1.28. The van der Waals surface area contributed by atoms with Gasteiger partial charge in [-0.2, -0.15) is 0 Å². The molecule has 0 unspecified atom stereocenters. The lowest BCUT2D eigenvalue weighted by Crippen LogP contribution is -2.13. The van der Waals surface area contributed by atoms with Gasteiger partial charge in [0, 0.05) is 11.6 Å². The van der Waals surface area contributed by atoms with Gasteiger partial charge in [0.05, 0.1) is 0 Å². The molecule has 0 bridgehead atoms. The van der Waals surface area contributed by atoms with E-state index in [1.807, 2.05) is 26.0 Å².